The molecule has 2 aliphatic rings. The Kier molecular flexibility index (Phi) is 3.58. The Morgan fingerprint density at radius 2 is 1.73 bits per heavy atom. The fourth-order valence-corrected chi connectivity index (χ4v) is 5.48. The highest BCUT2D eigenvalue weighted by molar-refractivity contribution is 7.17. The van der Waals surface area contributed by atoms with E-state index < -0.39 is 0 Å². The number of imide groups is 1. The highest BCUT2D eigenvalue weighted by Crippen LogP contribution is 2.39. The van der Waals surface area contributed by atoms with Crippen molar-refractivity contribution >= 4 is 50.5 Å². The zero-order valence-electron chi connectivity index (χ0n) is 14.2. The largest absolute Gasteiger partial charge is 0.269 e. The van der Waals surface area contributed by atoms with Gasteiger partial charge in [0, 0.05) is 21.4 Å². The highest BCUT2D eigenvalue weighted by Gasteiger charge is 2.39. The summed E-state index contributed by atoms with van der Waals surface area (Å²) in [7, 11) is 0. The number of benzene rings is 1. The van der Waals surface area contributed by atoms with E-state index in [2.05, 4.69) is 23.4 Å². The maximum absolute atomic E-state index is 12.8. The summed E-state index contributed by atoms with van der Waals surface area (Å²) in [6.45, 7) is 2.08. The van der Waals surface area contributed by atoms with E-state index in [0.29, 0.717) is 5.69 Å². The second-order valence-electron chi connectivity index (χ2n) is 6.73. The maximum atomic E-state index is 12.8. The van der Waals surface area contributed by atoms with E-state index in [9.17, 15) is 9.59 Å². The Hall–Kier alpha value is -2.31. The lowest BCUT2D eigenvalue weighted by molar-refractivity contribution is -0.120. The van der Waals surface area contributed by atoms with E-state index in [0.717, 1.165) is 57.5 Å². The highest BCUT2D eigenvalue weighted by atomic mass is 32.1. The number of aromatic nitrogens is 1. The minimum atomic E-state index is -0.138. The van der Waals surface area contributed by atoms with Gasteiger partial charge in [-0.2, -0.15) is 4.37 Å². The number of nitrogens with zero attached hydrogens (tertiary/aromatic N) is 2. The third-order valence-corrected chi connectivity index (χ3v) is 6.91. The standard InChI is InChI=1S/C20H16N2O2S2/c1-11-6-8-17(25-11)18-15-10-12(7-9-16(15)26-21-18)22-19(23)13-4-2-3-5-14(13)20(22)24/h6-10H,2-5H2,1H3. The molecule has 5 rings (SSSR count). The van der Waals surface area contributed by atoms with Crippen LogP contribution >= 0.6 is 22.9 Å². The molecule has 4 nitrogen and oxygen atoms in total. The zero-order chi connectivity index (χ0) is 17.8. The molecule has 1 aliphatic carbocycles. The Morgan fingerprint density at radius 1 is 1.00 bits per heavy atom. The van der Waals surface area contributed by atoms with Crippen molar-refractivity contribution in [3.63, 3.8) is 0 Å². The molecule has 0 saturated heterocycles. The van der Waals surface area contributed by atoms with Gasteiger partial charge in [0.15, 0.2) is 0 Å². The van der Waals surface area contributed by atoms with Crippen molar-refractivity contribution in [2.45, 2.75) is 32.6 Å². The molecular formula is C20H16N2O2S2. The average molecular weight is 380 g/mol. The maximum Gasteiger partial charge on any atom is 0.261 e. The molecule has 3 aromatic rings. The van der Waals surface area contributed by atoms with Crippen molar-refractivity contribution in [2.24, 2.45) is 0 Å². The van der Waals surface area contributed by atoms with Crippen LogP contribution < -0.4 is 4.90 Å². The van der Waals surface area contributed by atoms with Gasteiger partial charge in [0.25, 0.3) is 11.8 Å². The normalized spacial score (nSPS) is 17.5. The quantitative estimate of drug-likeness (QED) is 0.583. The summed E-state index contributed by atoms with van der Waals surface area (Å²) in [5, 5.41) is 1.000. The summed E-state index contributed by atoms with van der Waals surface area (Å²) in [4.78, 5) is 29.3. The molecule has 130 valence electrons. The number of aryl methyl sites for hydroxylation is 1. The van der Waals surface area contributed by atoms with Crippen LogP contribution in [0, 0.1) is 6.92 Å². The number of fused-ring (bicyclic) bond motifs is 1. The van der Waals surface area contributed by atoms with Crippen LogP contribution in [0.2, 0.25) is 0 Å². The fraction of sp³-hybridized carbons (Fsp3) is 0.250. The lowest BCUT2D eigenvalue weighted by Gasteiger charge is -2.15. The molecule has 3 heterocycles. The number of hydrogen-bond donors (Lipinski definition) is 0. The second-order valence-corrected chi connectivity index (χ2v) is 8.82. The van der Waals surface area contributed by atoms with Crippen molar-refractivity contribution in [3.8, 4) is 10.6 Å². The van der Waals surface area contributed by atoms with Gasteiger partial charge in [-0.15, -0.1) is 11.3 Å². The number of anilines is 1. The minimum absolute atomic E-state index is 0.138. The van der Waals surface area contributed by atoms with Crippen LogP contribution in [0.15, 0.2) is 41.5 Å². The van der Waals surface area contributed by atoms with Gasteiger partial charge in [0.05, 0.1) is 15.3 Å². The van der Waals surface area contributed by atoms with Crippen LogP contribution in [0.25, 0.3) is 20.7 Å². The van der Waals surface area contributed by atoms with Gasteiger partial charge in [-0.25, -0.2) is 4.90 Å². The van der Waals surface area contributed by atoms with E-state index in [1.165, 1.54) is 21.3 Å². The Morgan fingerprint density at radius 3 is 2.38 bits per heavy atom. The minimum Gasteiger partial charge on any atom is -0.269 e. The van der Waals surface area contributed by atoms with E-state index in [1.54, 1.807) is 11.3 Å². The second kappa shape index (κ2) is 5.86. The van der Waals surface area contributed by atoms with Crippen LogP contribution in [-0.4, -0.2) is 16.2 Å². The number of rotatable bonds is 2. The van der Waals surface area contributed by atoms with Gasteiger partial charge in [-0.3, -0.25) is 9.59 Å². The molecule has 0 unspecified atom stereocenters. The van der Waals surface area contributed by atoms with Crippen LogP contribution in [0.4, 0.5) is 5.69 Å². The van der Waals surface area contributed by atoms with E-state index in [-0.39, 0.29) is 11.8 Å². The molecule has 26 heavy (non-hydrogen) atoms. The lowest BCUT2D eigenvalue weighted by Crippen LogP contribution is -2.31. The van der Waals surface area contributed by atoms with Gasteiger partial charge in [0.2, 0.25) is 0 Å². The first-order chi connectivity index (χ1) is 12.6. The van der Waals surface area contributed by atoms with Crippen LogP contribution in [-0.2, 0) is 9.59 Å². The number of hydrogen-bond acceptors (Lipinski definition) is 5. The van der Waals surface area contributed by atoms with Gasteiger partial charge in [0.1, 0.15) is 5.69 Å². The third kappa shape index (κ3) is 2.29. The predicted molar refractivity (Wildman–Crippen MR) is 106 cm³/mol. The number of amides is 2. The molecule has 0 fully saturated rings. The smallest absolute Gasteiger partial charge is 0.261 e. The molecule has 2 amide bonds. The first kappa shape index (κ1) is 15.9. The summed E-state index contributed by atoms with van der Waals surface area (Å²) in [6.07, 6.45) is 3.42. The van der Waals surface area contributed by atoms with Crippen molar-refractivity contribution < 1.29 is 9.59 Å². The molecule has 2 aromatic heterocycles. The van der Waals surface area contributed by atoms with E-state index in [4.69, 9.17) is 0 Å². The van der Waals surface area contributed by atoms with Crippen LogP contribution in [0.1, 0.15) is 30.6 Å². The number of carbonyl (C=O) groups excluding carboxylic acids is 2. The molecule has 1 aliphatic heterocycles. The van der Waals surface area contributed by atoms with Crippen LogP contribution in [0.5, 0.6) is 0 Å². The van der Waals surface area contributed by atoms with Crippen molar-refractivity contribution in [1.29, 1.82) is 0 Å². The third-order valence-electron chi connectivity index (χ3n) is 5.08. The summed E-state index contributed by atoms with van der Waals surface area (Å²) in [6, 6.07) is 9.92. The van der Waals surface area contributed by atoms with E-state index >= 15 is 0 Å². The Balaban J connectivity index is 1.60. The predicted octanol–water partition coefficient (Wildman–Crippen LogP) is 5.08. The molecule has 0 saturated carbocycles. The first-order valence-corrected chi connectivity index (χ1v) is 10.3. The molecule has 0 radical (unpaired) electrons. The molecule has 0 N–H and O–H groups in total. The summed E-state index contributed by atoms with van der Waals surface area (Å²) in [5.41, 5.74) is 3.02. The summed E-state index contributed by atoms with van der Waals surface area (Å²) >= 11 is 3.15. The Bertz CT molecular complexity index is 1080. The lowest BCUT2D eigenvalue weighted by atomic mass is 9.93. The van der Waals surface area contributed by atoms with Crippen LogP contribution in [0.3, 0.4) is 0 Å². The Labute approximate surface area is 158 Å². The van der Waals surface area contributed by atoms with Crippen molar-refractivity contribution in [3.05, 3.63) is 46.4 Å². The molecule has 0 atom stereocenters. The summed E-state index contributed by atoms with van der Waals surface area (Å²) in [5.74, 6) is -0.276. The monoisotopic (exact) mass is 380 g/mol. The molecule has 6 heteroatoms. The van der Waals surface area contributed by atoms with Gasteiger partial charge >= 0.3 is 0 Å². The first-order valence-electron chi connectivity index (χ1n) is 8.70. The fourth-order valence-electron chi connectivity index (χ4n) is 3.78. The SMILES string of the molecule is Cc1ccc(-c2nsc3ccc(N4C(=O)C5=C(CCCC5)C4=O)cc23)s1. The molecule has 0 bridgehead atoms. The van der Waals surface area contributed by atoms with Gasteiger partial charge in [-0.1, -0.05) is 0 Å². The van der Waals surface area contributed by atoms with Gasteiger partial charge < -0.3 is 0 Å². The molecule has 0 spiro atoms. The molecular weight excluding hydrogens is 364 g/mol. The number of carbonyl (C=O) groups is 2. The number of thiophene rings is 1. The summed E-state index contributed by atoms with van der Waals surface area (Å²) < 4.78 is 5.67. The average Bonchev–Trinajstić information content (AvgIpc) is 3.32. The molecule has 1 aromatic carbocycles. The van der Waals surface area contributed by atoms with Gasteiger partial charge in [-0.05, 0) is 74.5 Å². The zero-order valence-corrected chi connectivity index (χ0v) is 15.9. The van der Waals surface area contributed by atoms with E-state index in [1.807, 2.05) is 18.2 Å². The van der Waals surface area contributed by atoms with Crippen molar-refractivity contribution in [2.75, 3.05) is 4.90 Å². The van der Waals surface area contributed by atoms with Crippen molar-refractivity contribution in [1.82, 2.24) is 4.37 Å². The topological polar surface area (TPSA) is 50.3 Å².